The Labute approximate surface area is 104 Å². The maximum absolute atomic E-state index is 11.6. The van der Waals surface area contributed by atoms with Gasteiger partial charge in [0.2, 0.25) is 5.91 Å². The van der Waals surface area contributed by atoms with Crippen LogP contribution in [-0.2, 0) is 4.79 Å². The number of halogens is 1. The van der Waals surface area contributed by atoms with Crippen LogP contribution in [0.1, 0.15) is 6.42 Å². The summed E-state index contributed by atoms with van der Waals surface area (Å²) in [5, 5.41) is 3.01. The van der Waals surface area contributed by atoms with Crippen molar-refractivity contribution < 1.29 is 4.79 Å². The van der Waals surface area contributed by atoms with Crippen molar-refractivity contribution in [3.05, 3.63) is 23.4 Å². The monoisotopic (exact) mass is 259 g/mol. The molecule has 0 aliphatic rings. The van der Waals surface area contributed by atoms with E-state index in [0.717, 1.165) is 5.75 Å². The Balaban J connectivity index is 2.54. The summed E-state index contributed by atoms with van der Waals surface area (Å²) in [4.78, 5) is 15.6. The van der Waals surface area contributed by atoms with Crippen LogP contribution in [0.4, 0.5) is 5.82 Å². The summed E-state index contributed by atoms with van der Waals surface area (Å²) in [7, 11) is 0. The fourth-order valence-electron chi connectivity index (χ4n) is 1.06. The van der Waals surface area contributed by atoms with E-state index in [2.05, 4.69) is 10.3 Å². The molecule has 0 radical (unpaired) electrons. The molecule has 1 heterocycles. The second kappa shape index (κ2) is 6.73. The van der Waals surface area contributed by atoms with Gasteiger partial charge in [0, 0.05) is 6.20 Å². The van der Waals surface area contributed by atoms with Crippen LogP contribution in [-0.4, -0.2) is 28.9 Å². The van der Waals surface area contributed by atoms with Gasteiger partial charge in [0.25, 0.3) is 0 Å². The van der Waals surface area contributed by atoms with Crippen LogP contribution < -0.4 is 11.1 Å². The van der Waals surface area contributed by atoms with Gasteiger partial charge in [-0.3, -0.25) is 4.79 Å². The van der Waals surface area contributed by atoms with E-state index in [9.17, 15) is 4.79 Å². The number of nitrogens with one attached hydrogen (secondary N) is 1. The Kier molecular flexibility index (Phi) is 5.59. The smallest absolute Gasteiger partial charge is 0.242 e. The molecular weight excluding hydrogens is 246 g/mol. The highest BCUT2D eigenvalue weighted by atomic mass is 35.5. The Morgan fingerprint density at radius 3 is 3.12 bits per heavy atom. The van der Waals surface area contributed by atoms with Crippen molar-refractivity contribution >= 4 is 35.1 Å². The zero-order valence-corrected chi connectivity index (χ0v) is 10.5. The van der Waals surface area contributed by atoms with Gasteiger partial charge in [-0.25, -0.2) is 4.98 Å². The number of carbonyl (C=O) groups is 1. The van der Waals surface area contributed by atoms with Crippen molar-refractivity contribution in [3.63, 3.8) is 0 Å². The van der Waals surface area contributed by atoms with Crippen LogP contribution >= 0.6 is 23.4 Å². The normalized spacial score (nSPS) is 12.2. The number of nitrogens with two attached hydrogens (primary N) is 1. The van der Waals surface area contributed by atoms with E-state index in [0.29, 0.717) is 17.3 Å². The number of rotatable bonds is 5. The Morgan fingerprint density at radius 2 is 2.50 bits per heavy atom. The van der Waals surface area contributed by atoms with Crippen LogP contribution in [0.15, 0.2) is 18.3 Å². The lowest BCUT2D eigenvalue weighted by atomic mass is 10.2. The second-order valence-corrected chi connectivity index (χ2v) is 4.60. The first kappa shape index (κ1) is 13.3. The molecule has 0 aromatic carbocycles. The van der Waals surface area contributed by atoms with Crippen molar-refractivity contribution in [1.29, 1.82) is 0 Å². The van der Waals surface area contributed by atoms with Gasteiger partial charge in [0.05, 0.1) is 11.1 Å². The van der Waals surface area contributed by atoms with Gasteiger partial charge in [0.15, 0.2) is 5.82 Å². The molecule has 3 N–H and O–H groups in total. The number of nitrogens with zero attached hydrogens (tertiary/aromatic N) is 1. The van der Waals surface area contributed by atoms with Crippen LogP contribution in [0.3, 0.4) is 0 Å². The fourth-order valence-corrected chi connectivity index (χ4v) is 1.72. The highest BCUT2D eigenvalue weighted by molar-refractivity contribution is 7.98. The SMILES string of the molecule is CSCC[C@@H](N)C(=O)Nc1ncccc1Cl. The van der Waals surface area contributed by atoms with Crippen LogP contribution in [0, 0.1) is 0 Å². The highest BCUT2D eigenvalue weighted by Gasteiger charge is 2.14. The van der Waals surface area contributed by atoms with Gasteiger partial charge in [-0.05, 0) is 30.6 Å². The van der Waals surface area contributed by atoms with Gasteiger partial charge < -0.3 is 11.1 Å². The molecule has 6 heteroatoms. The molecule has 1 amide bonds. The maximum atomic E-state index is 11.6. The number of aromatic nitrogens is 1. The van der Waals surface area contributed by atoms with Crippen LogP contribution in [0.2, 0.25) is 5.02 Å². The Hall–Kier alpha value is -0.780. The molecule has 1 aromatic rings. The molecule has 1 rings (SSSR count). The molecule has 0 fully saturated rings. The first-order chi connectivity index (χ1) is 7.65. The molecule has 0 aliphatic heterocycles. The van der Waals surface area contributed by atoms with Crippen molar-refractivity contribution in [3.8, 4) is 0 Å². The minimum Gasteiger partial charge on any atom is -0.320 e. The largest absolute Gasteiger partial charge is 0.320 e. The van der Waals surface area contributed by atoms with Crippen molar-refractivity contribution in [2.45, 2.75) is 12.5 Å². The molecule has 0 unspecified atom stereocenters. The predicted octanol–water partition coefficient (Wildman–Crippen LogP) is 1.75. The average molecular weight is 260 g/mol. The number of amides is 1. The lowest BCUT2D eigenvalue weighted by Gasteiger charge is -2.11. The van der Waals surface area contributed by atoms with Gasteiger partial charge in [0.1, 0.15) is 0 Å². The number of carbonyl (C=O) groups excluding carboxylic acids is 1. The van der Waals surface area contributed by atoms with Gasteiger partial charge in [-0.1, -0.05) is 11.6 Å². The molecule has 4 nitrogen and oxygen atoms in total. The number of thioether (sulfide) groups is 1. The van der Waals surface area contributed by atoms with Gasteiger partial charge >= 0.3 is 0 Å². The second-order valence-electron chi connectivity index (χ2n) is 3.21. The molecule has 88 valence electrons. The number of hydrogen-bond acceptors (Lipinski definition) is 4. The third-order valence-corrected chi connectivity index (χ3v) is 2.92. The molecule has 1 aromatic heterocycles. The molecule has 16 heavy (non-hydrogen) atoms. The van der Waals surface area contributed by atoms with E-state index in [1.165, 1.54) is 0 Å². The molecule has 0 saturated heterocycles. The summed E-state index contributed by atoms with van der Waals surface area (Å²) in [6.45, 7) is 0. The van der Waals surface area contributed by atoms with Crippen molar-refractivity contribution in [2.75, 3.05) is 17.3 Å². The molecule has 0 bridgehead atoms. The quantitative estimate of drug-likeness (QED) is 0.846. The minimum atomic E-state index is -0.523. The third kappa shape index (κ3) is 4.00. The molecular formula is C10H14ClN3OS. The Morgan fingerprint density at radius 1 is 1.75 bits per heavy atom. The standard InChI is InChI=1S/C10H14ClN3OS/c1-16-6-4-8(12)10(15)14-9-7(11)3-2-5-13-9/h2-3,5,8H,4,6,12H2,1H3,(H,13,14,15)/t8-/m1/s1. The van der Waals surface area contributed by atoms with E-state index in [4.69, 9.17) is 17.3 Å². The Bertz CT molecular complexity index is 362. The summed E-state index contributed by atoms with van der Waals surface area (Å²) < 4.78 is 0. The van der Waals surface area contributed by atoms with Crippen LogP contribution in [0.25, 0.3) is 0 Å². The number of anilines is 1. The van der Waals surface area contributed by atoms with E-state index in [-0.39, 0.29) is 5.91 Å². The van der Waals surface area contributed by atoms with E-state index < -0.39 is 6.04 Å². The summed E-state index contributed by atoms with van der Waals surface area (Å²) in [6, 6.07) is 2.84. The first-order valence-electron chi connectivity index (χ1n) is 4.81. The van der Waals surface area contributed by atoms with Gasteiger partial charge in [-0.2, -0.15) is 11.8 Å². The number of hydrogen-bond donors (Lipinski definition) is 2. The molecule has 1 atom stereocenters. The highest BCUT2D eigenvalue weighted by Crippen LogP contribution is 2.17. The van der Waals surface area contributed by atoms with E-state index in [1.54, 1.807) is 30.1 Å². The van der Waals surface area contributed by atoms with Crippen LogP contribution in [0.5, 0.6) is 0 Å². The first-order valence-corrected chi connectivity index (χ1v) is 6.58. The average Bonchev–Trinajstić information content (AvgIpc) is 2.28. The number of pyridine rings is 1. The molecule has 0 saturated carbocycles. The zero-order chi connectivity index (χ0) is 12.0. The van der Waals surface area contributed by atoms with Gasteiger partial charge in [-0.15, -0.1) is 0 Å². The van der Waals surface area contributed by atoms with Crippen molar-refractivity contribution in [1.82, 2.24) is 4.98 Å². The lowest BCUT2D eigenvalue weighted by Crippen LogP contribution is -2.36. The molecule has 0 aliphatic carbocycles. The topological polar surface area (TPSA) is 68.0 Å². The predicted molar refractivity (Wildman–Crippen MR) is 68.9 cm³/mol. The van der Waals surface area contributed by atoms with E-state index in [1.807, 2.05) is 6.26 Å². The fraction of sp³-hybridized carbons (Fsp3) is 0.400. The summed E-state index contributed by atoms with van der Waals surface area (Å²) in [6.07, 6.45) is 4.17. The molecule has 0 spiro atoms. The van der Waals surface area contributed by atoms with E-state index >= 15 is 0 Å². The summed E-state index contributed by atoms with van der Waals surface area (Å²) in [5.74, 6) is 0.952. The summed E-state index contributed by atoms with van der Waals surface area (Å²) in [5.41, 5.74) is 5.70. The minimum absolute atomic E-state index is 0.255. The lowest BCUT2D eigenvalue weighted by molar-refractivity contribution is -0.117. The van der Waals surface area contributed by atoms with Crippen molar-refractivity contribution in [2.24, 2.45) is 5.73 Å². The maximum Gasteiger partial charge on any atom is 0.242 e. The summed E-state index contributed by atoms with van der Waals surface area (Å²) >= 11 is 7.51. The zero-order valence-electron chi connectivity index (χ0n) is 8.94. The third-order valence-electron chi connectivity index (χ3n) is 1.97.